The van der Waals surface area contributed by atoms with Crippen molar-refractivity contribution in [3.05, 3.63) is 40.5 Å². The van der Waals surface area contributed by atoms with E-state index in [1.165, 1.54) is 6.07 Å². The summed E-state index contributed by atoms with van der Waals surface area (Å²) < 4.78 is 59.7. The molecule has 3 N–H and O–H groups in total. The molecular formula is C31H30F3N7O2S. The van der Waals surface area contributed by atoms with Gasteiger partial charge < -0.3 is 25.4 Å². The number of alkyl halides is 1. The van der Waals surface area contributed by atoms with Crippen molar-refractivity contribution < 1.29 is 22.6 Å². The van der Waals surface area contributed by atoms with Crippen molar-refractivity contribution in [1.29, 1.82) is 5.26 Å². The lowest BCUT2D eigenvalue weighted by Crippen LogP contribution is -2.52. The molecule has 4 atom stereocenters. The summed E-state index contributed by atoms with van der Waals surface area (Å²) in [5, 5.41) is 14.4. The number of piperazine rings is 1. The van der Waals surface area contributed by atoms with Crippen molar-refractivity contribution >= 4 is 43.1 Å². The normalized spacial score (nSPS) is 24.8. The van der Waals surface area contributed by atoms with E-state index >= 15 is 8.78 Å². The SMILES string of the molecule is CN1CC(F)C[C@H]1COc1nc(N2C3CCC2CNC3)c2c3c(c(-c4c(F)ccc5sc(N)c(C#N)c45)c(F)c2n1)COC3. The number of fused-ring (bicyclic) bond motifs is 6. The molecule has 2 aromatic heterocycles. The first-order chi connectivity index (χ1) is 21.3. The Morgan fingerprint density at radius 2 is 1.91 bits per heavy atom. The number of benzene rings is 2. The number of nitrogens with zero attached hydrogens (tertiary/aromatic N) is 5. The van der Waals surface area contributed by atoms with Crippen molar-refractivity contribution in [3.63, 3.8) is 0 Å². The quantitative estimate of drug-likeness (QED) is 0.329. The van der Waals surface area contributed by atoms with Gasteiger partial charge in [0.1, 0.15) is 41.0 Å². The van der Waals surface area contributed by atoms with Crippen LogP contribution in [0.15, 0.2) is 12.1 Å². The number of rotatable bonds is 5. The van der Waals surface area contributed by atoms with Crippen molar-refractivity contribution in [2.45, 2.75) is 56.8 Å². The van der Waals surface area contributed by atoms with Gasteiger partial charge in [-0.25, -0.2) is 13.2 Å². The molecule has 0 aliphatic carbocycles. The Balaban J connectivity index is 1.38. The molecule has 4 aliphatic rings. The van der Waals surface area contributed by atoms with Crippen LogP contribution in [-0.4, -0.2) is 72.5 Å². The molecule has 9 nitrogen and oxygen atoms in total. The van der Waals surface area contributed by atoms with Crippen LogP contribution in [0.2, 0.25) is 0 Å². The molecule has 4 aromatic rings. The minimum absolute atomic E-state index is 0.00318. The van der Waals surface area contributed by atoms with Crippen LogP contribution >= 0.6 is 11.3 Å². The number of anilines is 2. The maximum Gasteiger partial charge on any atom is 0.319 e. The third-order valence-electron chi connectivity index (χ3n) is 9.62. The number of likely N-dealkylation sites (N-methyl/N-ethyl adjacent to an activating group) is 1. The summed E-state index contributed by atoms with van der Waals surface area (Å²) in [6.07, 6.45) is 1.32. The molecule has 0 spiro atoms. The first-order valence-electron chi connectivity index (χ1n) is 14.8. The fraction of sp³-hybridized carbons (Fsp3) is 0.452. The van der Waals surface area contributed by atoms with E-state index < -0.39 is 17.8 Å². The average Bonchev–Trinajstić information content (AvgIpc) is 3.75. The van der Waals surface area contributed by atoms with E-state index in [-0.39, 0.29) is 76.6 Å². The number of nitriles is 1. The van der Waals surface area contributed by atoms with Crippen molar-refractivity contribution in [2.24, 2.45) is 0 Å². The Kier molecular flexibility index (Phi) is 6.60. The molecule has 2 bridgehead atoms. The van der Waals surface area contributed by atoms with Crippen LogP contribution in [0.4, 0.5) is 24.0 Å². The standard InChI is InChI=1S/C31H30F3N7O2S/c1-40-10-14(32)6-17(40)11-43-31-38-28-25(30(39-31)41-15-2-3-16(41)9-37-8-15)20-13-42-12-19(20)24(27(28)34)26-21(33)4-5-22-23(26)18(7-35)29(36)44-22/h4-5,14-17,37H,2-3,6,8-13,36H2,1H3/t14?,15?,16?,17-/m0/s1. The van der Waals surface area contributed by atoms with Gasteiger partial charge in [0, 0.05) is 59.0 Å². The molecule has 0 saturated carbocycles. The summed E-state index contributed by atoms with van der Waals surface area (Å²) in [6.45, 7) is 2.25. The zero-order chi connectivity index (χ0) is 30.3. The Bertz CT molecular complexity index is 1860. The van der Waals surface area contributed by atoms with Crippen LogP contribution in [0.5, 0.6) is 6.01 Å². The van der Waals surface area contributed by atoms with E-state index in [1.807, 2.05) is 11.9 Å². The number of nitrogen functional groups attached to an aromatic ring is 1. The smallest absolute Gasteiger partial charge is 0.319 e. The highest BCUT2D eigenvalue weighted by molar-refractivity contribution is 7.23. The number of hydrogen-bond acceptors (Lipinski definition) is 10. The first-order valence-corrected chi connectivity index (χ1v) is 15.7. The van der Waals surface area contributed by atoms with Crippen LogP contribution in [0, 0.1) is 23.0 Å². The molecule has 0 radical (unpaired) electrons. The summed E-state index contributed by atoms with van der Waals surface area (Å²) in [7, 11) is 1.84. The highest BCUT2D eigenvalue weighted by atomic mass is 32.1. The molecule has 13 heteroatoms. The van der Waals surface area contributed by atoms with Crippen LogP contribution in [0.25, 0.3) is 32.1 Å². The number of thiophene rings is 1. The number of halogens is 3. The fourth-order valence-electron chi connectivity index (χ4n) is 7.55. The highest BCUT2D eigenvalue weighted by Crippen LogP contribution is 2.48. The lowest BCUT2D eigenvalue weighted by atomic mass is 9.90. The summed E-state index contributed by atoms with van der Waals surface area (Å²) in [6, 6.07) is 5.05. The van der Waals surface area contributed by atoms with Gasteiger partial charge in [0.25, 0.3) is 0 Å². The molecule has 3 saturated heterocycles. The molecule has 44 heavy (non-hydrogen) atoms. The third-order valence-corrected chi connectivity index (χ3v) is 10.6. The Morgan fingerprint density at radius 3 is 2.64 bits per heavy atom. The Labute approximate surface area is 255 Å². The number of aromatic nitrogens is 2. The maximum absolute atomic E-state index is 17.2. The zero-order valence-electron chi connectivity index (χ0n) is 24.0. The lowest BCUT2D eigenvalue weighted by molar-refractivity contribution is 0.135. The lowest BCUT2D eigenvalue weighted by Gasteiger charge is -2.37. The molecule has 3 unspecified atom stereocenters. The van der Waals surface area contributed by atoms with E-state index in [0.717, 1.165) is 37.3 Å². The van der Waals surface area contributed by atoms with Crippen LogP contribution in [-0.2, 0) is 18.0 Å². The summed E-state index contributed by atoms with van der Waals surface area (Å²) in [5.41, 5.74) is 7.45. The first kappa shape index (κ1) is 27.8. The summed E-state index contributed by atoms with van der Waals surface area (Å²) in [4.78, 5) is 13.6. The molecule has 3 fully saturated rings. The summed E-state index contributed by atoms with van der Waals surface area (Å²) in [5.74, 6) is -0.831. The van der Waals surface area contributed by atoms with Crippen LogP contribution in [0.3, 0.4) is 0 Å². The second-order valence-electron chi connectivity index (χ2n) is 12.1. The third kappa shape index (κ3) is 4.15. The monoisotopic (exact) mass is 621 g/mol. The molecular weight excluding hydrogens is 591 g/mol. The highest BCUT2D eigenvalue weighted by Gasteiger charge is 2.41. The van der Waals surface area contributed by atoms with Crippen LogP contribution < -0.4 is 20.7 Å². The van der Waals surface area contributed by atoms with E-state index in [4.69, 9.17) is 20.2 Å². The van der Waals surface area contributed by atoms with Gasteiger partial charge in [-0.3, -0.25) is 4.90 Å². The van der Waals surface area contributed by atoms with Gasteiger partial charge in [-0.15, -0.1) is 11.3 Å². The van der Waals surface area contributed by atoms with Gasteiger partial charge in [0.2, 0.25) is 0 Å². The second-order valence-corrected chi connectivity index (χ2v) is 13.2. The predicted molar refractivity (Wildman–Crippen MR) is 161 cm³/mol. The second kappa shape index (κ2) is 10.4. The molecule has 6 heterocycles. The minimum atomic E-state index is -0.942. The van der Waals surface area contributed by atoms with Gasteiger partial charge in [-0.05, 0) is 49.6 Å². The van der Waals surface area contributed by atoms with Gasteiger partial charge in [0.15, 0.2) is 5.82 Å². The molecule has 228 valence electrons. The largest absolute Gasteiger partial charge is 0.462 e. The van der Waals surface area contributed by atoms with Crippen LogP contribution in [0.1, 0.15) is 36.0 Å². The van der Waals surface area contributed by atoms with E-state index in [9.17, 15) is 9.65 Å². The number of ether oxygens (including phenoxy) is 2. The predicted octanol–water partition coefficient (Wildman–Crippen LogP) is 4.64. The molecule has 2 aromatic carbocycles. The Morgan fingerprint density at radius 1 is 1.14 bits per heavy atom. The van der Waals surface area contributed by atoms with Gasteiger partial charge in [-0.2, -0.15) is 15.2 Å². The van der Waals surface area contributed by atoms with Gasteiger partial charge in [-0.1, -0.05) is 0 Å². The fourth-order valence-corrected chi connectivity index (χ4v) is 8.47. The molecule has 8 rings (SSSR count). The number of hydrogen-bond donors (Lipinski definition) is 2. The number of nitrogens with two attached hydrogens (primary N) is 1. The maximum atomic E-state index is 17.2. The number of likely N-dealkylation sites (tertiary alicyclic amines) is 1. The zero-order valence-corrected chi connectivity index (χ0v) is 24.8. The van der Waals surface area contributed by atoms with Crippen molar-refractivity contribution in [1.82, 2.24) is 20.2 Å². The Hall–Kier alpha value is -3.70. The van der Waals surface area contributed by atoms with Gasteiger partial charge in [0.05, 0.1) is 24.2 Å². The van der Waals surface area contributed by atoms with Gasteiger partial charge >= 0.3 is 6.01 Å². The number of nitrogens with one attached hydrogen (secondary N) is 1. The molecule has 0 amide bonds. The van der Waals surface area contributed by atoms with Crippen molar-refractivity contribution in [3.8, 4) is 23.2 Å². The van der Waals surface area contributed by atoms with Crippen molar-refractivity contribution in [2.75, 3.05) is 43.9 Å². The topological polar surface area (TPSA) is 113 Å². The van der Waals surface area contributed by atoms with E-state index in [1.54, 1.807) is 6.07 Å². The molecule has 4 aliphatic heterocycles. The van der Waals surface area contributed by atoms with E-state index in [2.05, 4.69) is 21.3 Å². The summed E-state index contributed by atoms with van der Waals surface area (Å²) >= 11 is 1.16. The minimum Gasteiger partial charge on any atom is -0.462 e. The van der Waals surface area contributed by atoms with E-state index in [0.29, 0.717) is 40.0 Å². The average molecular weight is 622 g/mol.